The standard InChI is InChI=1S/C18H22N2O4S2/c1-14-6-8-15(9-7-14)24-12-10-19-18(21)16-4-2-11-20(16)26(22,23)17-5-3-13-25-17/h3,5-9,13,16H,2,4,10-12H2,1H3,(H,19,21). The van der Waals surface area contributed by atoms with Gasteiger partial charge in [-0.3, -0.25) is 4.79 Å². The van der Waals surface area contributed by atoms with Crippen molar-refractivity contribution in [1.82, 2.24) is 9.62 Å². The van der Waals surface area contributed by atoms with Crippen molar-refractivity contribution in [3.05, 3.63) is 47.3 Å². The smallest absolute Gasteiger partial charge is 0.253 e. The average molecular weight is 395 g/mol. The Kier molecular flexibility index (Phi) is 5.95. The molecule has 1 aromatic carbocycles. The van der Waals surface area contributed by atoms with Gasteiger partial charge < -0.3 is 10.1 Å². The molecule has 1 aliphatic rings. The van der Waals surface area contributed by atoms with Crippen LogP contribution in [0.5, 0.6) is 5.75 Å². The first-order chi connectivity index (χ1) is 12.5. The number of nitrogens with one attached hydrogen (secondary N) is 1. The molecule has 6 nitrogen and oxygen atoms in total. The van der Waals surface area contributed by atoms with Gasteiger partial charge in [-0.15, -0.1) is 11.3 Å². The second kappa shape index (κ2) is 8.20. The van der Waals surface area contributed by atoms with Crippen LogP contribution in [0.1, 0.15) is 18.4 Å². The van der Waals surface area contributed by atoms with E-state index in [0.717, 1.165) is 11.3 Å². The van der Waals surface area contributed by atoms with Crippen molar-refractivity contribution in [2.75, 3.05) is 19.7 Å². The average Bonchev–Trinajstić information content (AvgIpc) is 3.31. The van der Waals surface area contributed by atoms with Gasteiger partial charge >= 0.3 is 0 Å². The highest BCUT2D eigenvalue weighted by atomic mass is 32.2. The molecule has 1 N–H and O–H groups in total. The van der Waals surface area contributed by atoms with Gasteiger partial charge in [-0.2, -0.15) is 4.31 Å². The van der Waals surface area contributed by atoms with Gasteiger partial charge in [-0.25, -0.2) is 8.42 Å². The number of carbonyl (C=O) groups excluding carboxylic acids is 1. The van der Waals surface area contributed by atoms with E-state index in [1.165, 1.54) is 15.6 Å². The van der Waals surface area contributed by atoms with Crippen molar-refractivity contribution in [2.45, 2.75) is 30.0 Å². The number of thiophene rings is 1. The third-order valence-corrected chi connectivity index (χ3v) is 7.54. The van der Waals surface area contributed by atoms with Crippen molar-refractivity contribution in [1.29, 1.82) is 0 Å². The van der Waals surface area contributed by atoms with Gasteiger partial charge in [0.2, 0.25) is 5.91 Å². The summed E-state index contributed by atoms with van der Waals surface area (Å²) < 4.78 is 32.5. The first-order valence-corrected chi connectivity index (χ1v) is 10.8. The van der Waals surface area contributed by atoms with Gasteiger partial charge in [-0.05, 0) is 43.3 Å². The van der Waals surface area contributed by atoms with E-state index in [2.05, 4.69) is 5.32 Å². The lowest BCUT2D eigenvalue weighted by atomic mass is 10.2. The summed E-state index contributed by atoms with van der Waals surface area (Å²) in [6.45, 7) is 3.04. The van der Waals surface area contributed by atoms with E-state index in [1.807, 2.05) is 31.2 Å². The highest BCUT2D eigenvalue weighted by Gasteiger charge is 2.39. The van der Waals surface area contributed by atoms with E-state index < -0.39 is 16.1 Å². The fourth-order valence-electron chi connectivity index (χ4n) is 2.91. The molecule has 1 atom stereocenters. The maximum absolute atomic E-state index is 12.7. The zero-order valence-electron chi connectivity index (χ0n) is 14.6. The van der Waals surface area contributed by atoms with Gasteiger partial charge in [0.25, 0.3) is 10.0 Å². The lowest BCUT2D eigenvalue weighted by Gasteiger charge is -2.22. The highest BCUT2D eigenvalue weighted by Crippen LogP contribution is 2.28. The second-order valence-corrected chi connectivity index (χ2v) is 9.22. The minimum atomic E-state index is -3.61. The van der Waals surface area contributed by atoms with E-state index in [1.54, 1.807) is 17.5 Å². The van der Waals surface area contributed by atoms with Crippen molar-refractivity contribution in [3.8, 4) is 5.75 Å². The molecule has 1 amide bonds. The summed E-state index contributed by atoms with van der Waals surface area (Å²) in [5.41, 5.74) is 1.15. The largest absolute Gasteiger partial charge is 0.492 e. The first kappa shape index (κ1) is 18.9. The minimum Gasteiger partial charge on any atom is -0.492 e. The number of sulfonamides is 1. The summed E-state index contributed by atoms with van der Waals surface area (Å²) in [5, 5.41) is 4.51. The number of nitrogens with zero attached hydrogens (tertiary/aromatic N) is 1. The Morgan fingerprint density at radius 3 is 2.77 bits per heavy atom. The molecule has 140 valence electrons. The number of hydrogen-bond acceptors (Lipinski definition) is 5. The van der Waals surface area contributed by atoms with Crippen LogP contribution in [-0.2, 0) is 14.8 Å². The maximum atomic E-state index is 12.7. The molecule has 1 saturated heterocycles. The fraction of sp³-hybridized carbons (Fsp3) is 0.389. The summed E-state index contributed by atoms with van der Waals surface area (Å²) in [7, 11) is -3.61. The Morgan fingerprint density at radius 1 is 1.31 bits per heavy atom. The molecule has 1 fully saturated rings. The van der Waals surface area contributed by atoms with Crippen LogP contribution < -0.4 is 10.1 Å². The number of carbonyl (C=O) groups is 1. The van der Waals surface area contributed by atoms with Crippen LogP contribution in [0.3, 0.4) is 0 Å². The second-order valence-electron chi connectivity index (χ2n) is 6.16. The highest BCUT2D eigenvalue weighted by molar-refractivity contribution is 7.91. The summed E-state index contributed by atoms with van der Waals surface area (Å²) >= 11 is 1.17. The molecular formula is C18H22N2O4S2. The molecule has 1 aromatic heterocycles. The quantitative estimate of drug-likeness (QED) is 0.732. The van der Waals surface area contributed by atoms with E-state index >= 15 is 0 Å². The zero-order chi connectivity index (χ0) is 18.6. The Hall–Kier alpha value is -1.90. The van der Waals surface area contributed by atoms with Crippen molar-refractivity contribution in [2.24, 2.45) is 0 Å². The van der Waals surface area contributed by atoms with Crippen LogP contribution in [0.4, 0.5) is 0 Å². The van der Waals surface area contributed by atoms with Crippen molar-refractivity contribution >= 4 is 27.3 Å². The molecule has 0 bridgehead atoms. The molecule has 0 aliphatic carbocycles. The molecule has 1 unspecified atom stereocenters. The van der Waals surface area contributed by atoms with Crippen LogP contribution in [0, 0.1) is 6.92 Å². The first-order valence-electron chi connectivity index (χ1n) is 8.51. The van der Waals surface area contributed by atoms with Crippen molar-refractivity contribution in [3.63, 3.8) is 0 Å². The van der Waals surface area contributed by atoms with Gasteiger partial charge in [0.15, 0.2) is 0 Å². The van der Waals surface area contributed by atoms with E-state index in [9.17, 15) is 13.2 Å². The SMILES string of the molecule is Cc1ccc(OCCNC(=O)C2CCCN2S(=O)(=O)c2cccs2)cc1. The Balaban J connectivity index is 1.53. The molecular weight excluding hydrogens is 372 g/mol. The molecule has 8 heteroatoms. The molecule has 2 heterocycles. The van der Waals surface area contributed by atoms with Crippen molar-refractivity contribution < 1.29 is 17.9 Å². The monoisotopic (exact) mass is 394 g/mol. The number of ether oxygens (including phenoxy) is 1. The Bertz CT molecular complexity index is 833. The maximum Gasteiger partial charge on any atom is 0.253 e. The van der Waals surface area contributed by atoms with Crippen LogP contribution >= 0.6 is 11.3 Å². The van der Waals surface area contributed by atoms with Crippen LogP contribution in [0.2, 0.25) is 0 Å². The van der Waals surface area contributed by atoms with E-state index in [-0.39, 0.29) is 10.1 Å². The Labute approximate surface area is 157 Å². The van der Waals surface area contributed by atoms with E-state index in [0.29, 0.717) is 32.5 Å². The lowest BCUT2D eigenvalue weighted by molar-refractivity contribution is -0.124. The van der Waals surface area contributed by atoms with Gasteiger partial charge in [-0.1, -0.05) is 23.8 Å². The van der Waals surface area contributed by atoms with Crippen LogP contribution in [0.25, 0.3) is 0 Å². The fourth-order valence-corrected chi connectivity index (χ4v) is 5.69. The van der Waals surface area contributed by atoms with Gasteiger partial charge in [0.1, 0.15) is 22.6 Å². The summed E-state index contributed by atoms with van der Waals surface area (Å²) in [5.74, 6) is 0.475. The topological polar surface area (TPSA) is 75.7 Å². The van der Waals surface area contributed by atoms with Crippen LogP contribution in [0.15, 0.2) is 46.0 Å². The molecule has 1 aliphatic heterocycles. The lowest BCUT2D eigenvalue weighted by Crippen LogP contribution is -2.46. The Morgan fingerprint density at radius 2 is 2.08 bits per heavy atom. The molecule has 2 aromatic rings. The van der Waals surface area contributed by atoms with E-state index in [4.69, 9.17) is 4.74 Å². The minimum absolute atomic E-state index is 0.268. The molecule has 26 heavy (non-hydrogen) atoms. The van der Waals surface area contributed by atoms with Gasteiger partial charge in [0, 0.05) is 6.54 Å². The summed E-state index contributed by atoms with van der Waals surface area (Å²) in [6, 6.07) is 10.3. The predicted octanol–water partition coefficient (Wildman–Crippen LogP) is 2.40. The summed E-state index contributed by atoms with van der Waals surface area (Å²) in [4.78, 5) is 12.5. The zero-order valence-corrected chi connectivity index (χ0v) is 16.2. The molecule has 0 saturated carbocycles. The molecule has 0 radical (unpaired) electrons. The van der Waals surface area contributed by atoms with Gasteiger partial charge in [0.05, 0.1) is 6.54 Å². The third-order valence-electron chi connectivity index (χ3n) is 4.26. The summed E-state index contributed by atoms with van der Waals surface area (Å²) in [6.07, 6.45) is 1.22. The molecule has 3 rings (SSSR count). The number of rotatable bonds is 7. The van der Waals surface area contributed by atoms with Crippen LogP contribution in [-0.4, -0.2) is 44.4 Å². The molecule has 0 spiro atoms. The predicted molar refractivity (Wildman–Crippen MR) is 101 cm³/mol. The normalized spacial score (nSPS) is 18.0. The number of benzene rings is 1. The number of hydrogen-bond donors (Lipinski definition) is 1. The number of amides is 1. The number of aryl methyl sites for hydroxylation is 1. The third kappa shape index (κ3) is 4.25.